The molecule has 0 saturated carbocycles. The average molecular weight is 370 g/mol. The van der Waals surface area contributed by atoms with Crippen LogP contribution in [-0.2, 0) is 9.53 Å². The van der Waals surface area contributed by atoms with Crippen LogP contribution in [0.3, 0.4) is 0 Å². The Morgan fingerprint density at radius 1 is 0.846 bits per heavy atom. The van der Waals surface area contributed by atoms with E-state index in [1.54, 1.807) is 0 Å². The lowest BCUT2D eigenvalue weighted by Gasteiger charge is -2.29. The van der Waals surface area contributed by atoms with Gasteiger partial charge in [0, 0.05) is 26.1 Å². The lowest BCUT2D eigenvalue weighted by Crippen LogP contribution is -2.38. The summed E-state index contributed by atoms with van der Waals surface area (Å²) in [6.45, 7) is 7.71. The molecule has 0 aliphatic carbocycles. The Morgan fingerprint density at radius 2 is 1.31 bits per heavy atom. The predicted octanol–water partition coefficient (Wildman–Crippen LogP) is 5.50. The van der Waals surface area contributed by atoms with Crippen molar-refractivity contribution in [3.05, 3.63) is 0 Å². The lowest BCUT2D eigenvalue weighted by atomic mass is 10.0. The first kappa shape index (κ1) is 23.4. The van der Waals surface area contributed by atoms with Crippen LogP contribution in [0, 0.1) is 5.92 Å². The number of carboxylic acid groups (broad SMARTS) is 1. The molecule has 0 spiro atoms. The smallest absolute Gasteiger partial charge is 0.303 e. The second-order valence-electron chi connectivity index (χ2n) is 8.19. The largest absolute Gasteiger partial charge is 0.481 e. The van der Waals surface area contributed by atoms with Crippen LogP contribution in [0.4, 0.5) is 0 Å². The normalized spacial score (nSPS) is 16.7. The Labute approximate surface area is 161 Å². The molecular weight excluding hydrogens is 326 g/mol. The molecule has 0 aromatic heterocycles. The van der Waals surface area contributed by atoms with Gasteiger partial charge in [-0.3, -0.25) is 9.69 Å². The van der Waals surface area contributed by atoms with Crippen LogP contribution in [0.1, 0.15) is 96.8 Å². The molecule has 0 radical (unpaired) electrons. The monoisotopic (exact) mass is 369 g/mol. The van der Waals surface area contributed by atoms with Gasteiger partial charge in [-0.2, -0.15) is 0 Å². The third-order valence-corrected chi connectivity index (χ3v) is 5.51. The van der Waals surface area contributed by atoms with Crippen LogP contribution in [0.5, 0.6) is 0 Å². The van der Waals surface area contributed by atoms with Gasteiger partial charge in [0.2, 0.25) is 0 Å². The Morgan fingerprint density at radius 3 is 1.81 bits per heavy atom. The first-order valence-corrected chi connectivity index (χ1v) is 11.2. The van der Waals surface area contributed by atoms with Gasteiger partial charge >= 0.3 is 5.97 Å². The van der Waals surface area contributed by atoms with Gasteiger partial charge in [0.1, 0.15) is 0 Å². The fourth-order valence-corrected chi connectivity index (χ4v) is 3.85. The summed E-state index contributed by atoms with van der Waals surface area (Å²) in [6, 6.07) is 0. The van der Waals surface area contributed by atoms with Crippen LogP contribution < -0.4 is 0 Å². The van der Waals surface area contributed by atoms with Crippen molar-refractivity contribution in [1.29, 1.82) is 0 Å². The van der Waals surface area contributed by atoms with Crippen LogP contribution in [0.2, 0.25) is 0 Å². The van der Waals surface area contributed by atoms with E-state index in [0.29, 0.717) is 6.42 Å². The summed E-state index contributed by atoms with van der Waals surface area (Å²) < 4.78 is 5.41. The molecule has 1 aliphatic rings. The Kier molecular flexibility index (Phi) is 14.9. The molecule has 26 heavy (non-hydrogen) atoms. The molecule has 154 valence electrons. The minimum atomic E-state index is -0.656. The molecule has 1 heterocycles. The molecule has 4 nitrogen and oxygen atoms in total. The van der Waals surface area contributed by atoms with Crippen LogP contribution in [-0.4, -0.2) is 48.8 Å². The summed E-state index contributed by atoms with van der Waals surface area (Å²) in [5, 5.41) is 8.58. The third-order valence-electron chi connectivity index (χ3n) is 5.51. The molecule has 1 unspecified atom stereocenters. The summed E-state index contributed by atoms with van der Waals surface area (Å²) in [5.41, 5.74) is 0. The number of hydrogen-bond acceptors (Lipinski definition) is 3. The minimum absolute atomic E-state index is 0.339. The summed E-state index contributed by atoms with van der Waals surface area (Å²) in [7, 11) is 0. The number of unbranched alkanes of at least 4 members (excludes halogenated alkanes) is 11. The molecule has 1 N–H and O–H groups in total. The van der Waals surface area contributed by atoms with Crippen molar-refractivity contribution in [2.45, 2.75) is 96.8 Å². The van der Waals surface area contributed by atoms with Gasteiger partial charge in [-0.25, -0.2) is 0 Å². The molecule has 4 heteroatoms. The molecule has 0 aromatic rings. The van der Waals surface area contributed by atoms with E-state index in [1.807, 2.05) is 0 Å². The van der Waals surface area contributed by atoms with Gasteiger partial charge in [0.15, 0.2) is 0 Å². The molecule has 0 aromatic carbocycles. The number of morpholine rings is 1. The fourth-order valence-electron chi connectivity index (χ4n) is 3.85. The molecule has 1 rings (SSSR count). The van der Waals surface area contributed by atoms with Crippen molar-refractivity contribution in [1.82, 2.24) is 4.90 Å². The van der Waals surface area contributed by atoms with Crippen LogP contribution >= 0.6 is 0 Å². The number of nitrogens with zero attached hydrogens (tertiary/aromatic N) is 1. The number of hydrogen-bond donors (Lipinski definition) is 1. The summed E-state index contributed by atoms with van der Waals surface area (Å²) >= 11 is 0. The maximum absolute atomic E-state index is 10.4. The maximum Gasteiger partial charge on any atom is 0.303 e. The van der Waals surface area contributed by atoms with Crippen molar-refractivity contribution in [3.63, 3.8) is 0 Å². The topological polar surface area (TPSA) is 49.8 Å². The number of carbonyl (C=O) groups is 1. The number of aliphatic carboxylic acids is 1. The van der Waals surface area contributed by atoms with E-state index in [4.69, 9.17) is 9.84 Å². The summed E-state index contributed by atoms with van der Waals surface area (Å²) in [6.07, 6.45) is 17.2. The first-order chi connectivity index (χ1) is 12.7. The van der Waals surface area contributed by atoms with E-state index in [0.717, 1.165) is 45.1 Å². The predicted molar refractivity (Wildman–Crippen MR) is 109 cm³/mol. The number of carboxylic acids is 1. The molecule has 1 fully saturated rings. The highest BCUT2D eigenvalue weighted by Crippen LogP contribution is 2.15. The fraction of sp³-hybridized carbons (Fsp3) is 0.955. The van der Waals surface area contributed by atoms with Gasteiger partial charge < -0.3 is 9.84 Å². The SMILES string of the molecule is CC(CCCCCCCCCCCCCCC(=O)O)CN1CCOCC1. The number of ether oxygens (including phenoxy) is 1. The highest BCUT2D eigenvalue weighted by molar-refractivity contribution is 5.66. The van der Waals surface area contributed by atoms with Crippen molar-refractivity contribution in [2.75, 3.05) is 32.8 Å². The van der Waals surface area contributed by atoms with E-state index >= 15 is 0 Å². The molecule has 1 aliphatic heterocycles. The summed E-state index contributed by atoms with van der Waals surface area (Å²) in [4.78, 5) is 13.0. The van der Waals surface area contributed by atoms with E-state index in [-0.39, 0.29) is 0 Å². The van der Waals surface area contributed by atoms with Gasteiger partial charge in [0.05, 0.1) is 13.2 Å². The molecule has 0 bridgehead atoms. The zero-order chi connectivity index (χ0) is 18.9. The molecule has 1 saturated heterocycles. The maximum atomic E-state index is 10.4. The van der Waals surface area contributed by atoms with Crippen molar-refractivity contribution < 1.29 is 14.6 Å². The molecule has 1 atom stereocenters. The Bertz CT molecular complexity index is 329. The highest BCUT2D eigenvalue weighted by Gasteiger charge is 2.13. The van der Waals surface area contributed by atoms with Crippen molar-refractivity contribution >= 4 is 5.97 Å². The van der Waals surface area contributed by atoms with E-state index in [2.05, 4.69) is 11.8 Å². The standard InChI is InChI=1S/C22H43NO3/c1-21(20-23-16-18-26-19-17-23)14-12-10-8-6-4-2-3-5-7-9-11-13-15-22(24)25/h21H,2-20H2,1H3,(H,24,25). The highest BCUT2D eigenvalue weighted by atomic mass is 16.5. The van der Waals surface area contributed by atoms with E-state index in [1.165, 1.54) is 77.2 Å². The first-order valence-electron chi connectivity index (χ1n) is 11.2. The van der Waals surface area contributed by atoms with E-state index in [9.17, 15) is 4.79 Å². The number of rotatable bonds is 17. The zero-order valence-corrected chi connectivity index (χ0v) is 17.2. The average Bonchev–Trinajstić information content (AvgIpc) is 2.62. The Hall–Kier alpha value is -0.610. The van der Waals surface area contributed by atoms with Crippen molar-refractivity contribution in [2.24, 2.45) is 5.92 Å². The third kappa shape index (κ3) is 14.5. The van der Waals surface area contributed by atoms with Gasteiger partial charge in [-0.15, -0.1) is 0 Å². The van der Waals surface area contributed by atoms with Crippen molar-refractivity contribution in [3.8, 4) is 0 Å². The Balaban J connectivity index is 1.74. The van der Waals surface area contributed by atoms with E-state index < -0.39 is 5.97 Å². The quantitative estimate of drug-likeness (QED) is 0.344. The summed E-state index contributed by atoms with van der Waals surface area (Å²) in [5.74, 6) is 0.167. The van der Waals surface area contributed by atoms with Gasteiger partial charge in [0.25, 0.3) is 0 Å². The second-order valence-corrected chi connectivity index (χ2v) is 8.19. The zero-order valence-electron chi connectivity index (χ0n) is 17.2. The minimum Gasteiger partial charge on any atom is -0.481 e. The van der Waals surface area contributed by atoms with Crippen LogP contribution in [0.15, 0.2) is 0 Å². The van der Waals surface area contributed by atoms with Gasteiger partial charge in [-0.05, 0) is 18.8 Å². The molecular formula is C22H43NO3. The second kappa shape index (κ2) is 16.6. The molecule has 0 amide bonds. The lowest BCUT2D eigenvalue weighted by molar-refractivity contribution is -0.137. The van der Waals surface area contributed by atoms with Crippen LogP contribution in [0.25, 0.3) is 0 Å². The van der Waals surface area contributed by atoms with Gasteiger partial charge in [-0.1, -0.05) is 77.6 Å².